The molecule has 9 nitrogen and oxygen atoms in total. The van der Waals surface area contributed by atoms with Gasteiger partial charge in [-0.05, 0) is 79.6 Å². The maximum Gasteiger partial charge on any atom is 0.339 e. The Hall–Kier alpha value is -4.15. The van der Waals surface area contributed by atoms with E-state index < -0.39 is 16.2 Å². The van der Waals surface area contributed by atoms with Crippen molar-refractivity contribution in [2.45, 2.75) is 49.6 Å². The van der Waals surface area contributed by atoms with E-state index in [-0.39, 0.29) is 34.3 Å². The highest BCUT2D eigenvalue weighted by Gasteiger charge is 2.46. The summed E-state index contributed by atoms with van der Waals surface area (Å²) >= 11 is 0. The molecule has 42 heavy (non-hydrogen) atoms. The average Bonchev–Trinajstić information content (AvgIpc) is 3.46. The van der Waals surface area contributed by atoms with Gasteiger partial charge in [0.05, 0.1) is 37.5 Å². The lowest BCUT2D eigenvalue weighted by molar-refractivity contribution is 0.0601. The lowest BCUT2D eigenvalue weighted by atomic mass is 9.93. The van der Waals surface area contributed by atoms with Crippen LogP contribution >= 0.6 is 0 Å². The van der Waals surface area contributed by atoms with Gasteiger partial charge in [-0.25, -0.2) is 0 Å². The molecule has 0 bridgehead atoms. The summed E-state index contributed by atoms with van der Waals surface area (Å²) in [4.78, 5) is 28.5. The standard InChI is InChI=1S/C32H31NO8S/c1-18-9-12-20(13-10-18)42(36,37)41-26-17-19-11-15-24(33-31(34)21-7-5-6-8-22(21)32(33)35)23-14-16-25(38-2)28(23)27(19)30(40-4)29(26)39-3/h5-10,12-13,17,24-25H,11,14-16H2,1-4H3. The van der Waals surface area contributed by atoms with Crippen LogP contribution in [0.3, 0.4) is 0 Å². The van der Waals surface area contributed by atoms with Crippen LogP contribution in [0.15, 0.2) is 65.1 Å². The second-order valence-corrected chi connectivity index (χ2v) is 12.2. The SMILES string of the molecule is COc1c(OS(=O)(=O)c2ccc(C)cc2)cc2c(c1OC)C1=C(CCC1OC)C(N1C(=O)c3ccccc3C1=O)CC2. The van der Waals surface area contributed by atoms with Gasteiger partial charge in [0.2, 0.25) is 5.75 Å². The van der Waals surface area contributed by atoms with Gasteiger partial charge in [0.15, 0.2) is 11.5 Å². The van der Waals surface area contributed by atoms with Gasteiger partial charge in [-0.15, -0.1) is 0 Å². The van der Waals surface area contributed by atoms with Crippen LogP contribution in [-0.4, -0.2) is 58.6 Å². The molecular formula is C32H31NO8S. The number of benzene rings is 3. The Kier molecular flexibility index (Phi) is 7.06. The van der Waals surface area contributed by atoms with Crippen LogP contribution in [0, 0.1) is 6.92 Å². The maximum atomic E-state index is 13.5. The van der Waals surface area contributed by atoms with Crippen molar-refractivity contribution in [1.82, 2.24) is 4.90 Å². The van der Waals surface area contributed by atoms with Crippen molar-refractivity contribution in [2.24, 2.45) is 0 Å². The van der Waals surface area contributed by atoms with Gasteiger partial charge in [-0.1, -0.05) is 29.8 Å². The number of nitrogens with zero attached hydrogens (tertiary/aromatic N) is 1. The molecule has 0 fully saturated rings. The average molecular weight is 590 g/mol. The summed E-state index contributed by atoms with van der Waals surface area (Å²) in [5.41, 5.74) is 4.92. The Bertz CT molecular complexity index is 1710. The summed E-state index contributed by atoms with van der Waals surface area (Å²) in [7, 11) is 0.336. The number of methoxy groups -OCH3 is 3. The number of hydrogen-bond acceptors (Lipinski definition) is 8. The van der Waals surface area contributed by atoms with Crippen molar-refractivity contribution in [1.29, 1.82) is 0 Å². The van der Waals surface area contributed by atoms with Crippen molar-refractivity contribution in [2.75, 3.05) is 21.3 Å². The number of fused-ring (bicyclic) bond motifs is 3. The molecule has 2 atom stereocenters. The molecular weight excluding hydrogens is 558 g/mol. The van der Waals surface area contributed by atoms with E-state index in [1.165, 1.54) is 31.3 Å². The molecule has 218 valence electrons. The zero-order chi connectivity index (χ0) is 29.8. The summed E-state index contributed by atoms with van der Waals surface area (Å²) < 4.78 is 49.7. The van der Waals surface area contributed by atoms with Crippen LogP contribution in [0.2, 0.25) is 0 Å². The van der Waals surface area contributed by atoms with Crippen LogP contribution in [0.5, 0.6) is 17.2 Å². The Morgan fingerprint density at radius 3 is 2.07 bits per heavy atom. The molecule has 2 amide bonds. The summed E-state index contributed by atoms with van der Waals surface area (Å²) in [6, 6.07) is 14.4. The Balaban J connectivity index is 1.48. The van der Waals surface area contributed by atoms with Crippen LogP contribution < -0.4 is 13.7 Å². The van der Waals surface area contributed by atoms with E-state index in [2.05, 4.69) is 0 Å². The van der Waals surface area contributed by atoms with Crippen molar-refractivity contribution < 1.29 is 36.4 Å². The highest BCUT2D eigenvalue weighted by atomic mass is 32.2. The first-order valence-electron chi connectivity index (χ1n) is 13.7. The number of amides is 2. The monoisotopic (exact) mass is 589 g/mol. The van der Waals surface area contributed by atoms with E-state index in [0.29, 0.717) is 48.1 Å². The Morgan fingerprint density at radius 2 is 1.48 bits per heavy atom. The lowest BCUT2D eigenvalue weighted by Crippen LogP contribution is -2.41. The second-order valence-electron chi connectivity index (χ2n) is 10.6. The minimum absolute atomic E-state index is 0.00925. The van der Waals surface area contributed by atoms with Gasteiger partial charge in [-0.2, -0.15) is 8.42 Å². The quantitative estimate of drug-likeness (QED) is 0.281. The van der Waals surface area contributed by atoms with Crippen molar-refractivity contribution in [3.8, 4) is 17.2 Å². The fraction of sp³-hybridized carbons (Fsp3) is 0.312. The molecule has 0 aromatic heterocycles. The molecule has 0 radical (unpaired) electrons. The molecule has 1 aliphatic heterocycles. The van der Waals surface area contributed by atoms with Gasteiger partial charge >= 0.3 is 10.1 Å². The van der Waals surface area contributed by atoms with Gasteiger partial charge < -0.3 is 18.4 Å². The van der Waals surface area contributed by atoms with Gasteiger partial charge in [0, 0.05) is 12.7 Å². The fourth-order valence-electron chi connectivity index (χ4n) is 6.40. The normalized spacial score (nSPS) is 19.8. The maximum absolute atomic E-state index is 13.5. The molecule has 0 N–H and O–H groups in total. The van der Waals surface area contributed by atoms with Gasteiger partial charge in [0.25, 0.3) is 11.8 Å². The van der Waals surface area contributed by atoms with E-state index in [9.17, 15) is 18.0 Å². The molecule has 6 rings (SSSR count). The Labute approximate surface area is 244 Å². The zero-order valence-corrected chi connectivity index (χ0v) is 24.6. The van der Waals surface area contributed by atoms with Gasteiger partial charge in [-0.3, -0.25) is 14.5 Å². The second kappa shape index (κ2) is 10.6. The predicted octanol–water partition coefficient (Wildman–Crippen LogP) is 4.95. The van der Waals surface area contributed by atoms with E-state index in [0.717, 1.165) is 22.3 Å². The van der Waals surface area contributed by atoms with Crippen LogP contribution in [-0.2, 0) is 21.3 Å². The third-order valence-electron chi connectivity index (χ3n) is 8.33. The minimum atomic E-state index is -4.20. The minimum Gasteiger partial charge on any atom is -0.492 e. The topological polar surface area (TPSA) is 108 Å². The fourth-order valence-corrected chi connectivity index (χ4v) is 7.32. The molecule has 3 aliphatic rings. The molecule has 3 aromatic rings. The first kappa shape index (κ1) is 28.0. The predicted molar refractivity (Wildman–Crippen MR) is 155 cm³/mol. The highest BCUT2D eigenvalue weighted by molar-refractivity contribution is 7.87. The first-order valence-corrected chi connectivity index (χ1v) is 15.1. The van der Waals surface area contributed by atoms with Crippen molar-refractivity contribution in [3.05, 3.63) is 88.0 Å². The van der Waals surface area contributed by atoms with E-state index >= 15 is 0 Å². The number of ether oxygens (including phenoxy) is 3. The molecule has 2 unspecified atom stereocenters. The molecule has 2 aliphatic carbocycles. The largest absolute Gasteiger partial charge is 0.492 e. The molecule has 1 heterocycles. The number of carbonyl (C=O) groups excluding carboxylic acids is 2. The van der Waals surface area contributed by atoms with Crippen molar-refractivity contribution in [3.63, 3.8) is 0 Å². The molecule has 0 saturated heterocycles. The van der Waals surface area contributed by atoms with Crippen molar-refractivity contribution >= 4 is 27.5 Å². The number of hydrogen-bond donors (Lipinski definition) is 0. The summed E-state index contributed by atoms with van der Waals surface area (Å²) in [6.45, 7) is 1.87. The van der Waals surface area contributed by atoms with E-state index in [1.54, 1.807) is 49.6 Å². The lowest BCUT2D eigenvalue weighted by Gasteiger charge is -2.27. The molecule has 0 spiro atoms. The molecule has 10 heteroatoms. The van der Waals surface area contributed by atoms with Gasteiger partial charge in [0.1, 0.15) is 4.90 Å². The van der Waals surface area contributed by atoms with Crippen LogP contribution in [0.1, 0.15) is 56.7 Å². The first-order chi connectivity index (χ1) is 20.2. The highest BCUT2D eigenvalue weighted by Crippen LogP contribution is 2.53. The summed E-state index contributed by atoms with van der Waals surface area (Å²) in [5, 5.41) is 0. The number of imide groups is 1. The number of aryl methyl sites for hydroxylation is 2. The smallest absolute Gasteiger partial charge is 0.339 e. The molecule has 0 saturated carbocycles. The van der Waals surface area contributed by atoms with Crippen LogP contribution in [0.4, 0.5) is 0 Å². The Morgan fingerprint density at radius 1 is 0.833 bits per heavy atom. The third-order valence-corrected chi connectivity index (χ3v) is 9.57. The van der Waals surface area contributed by atoms with E-state index in [1.807, 2.05) is 6.92 Å². The third kappa shape index (κ3) is 4.37. The number of carbonyl (C=O) groups is 2. The zero-order valence-electron chi connectivity index (χ0n) is 23.8. The summed E-state index contributed by atoms with van der Waals surface area (Å²) in [5.74, 6) is -0.223. The number of rotatable bonds is 7. The molecule has 3 aromatic carbocycles. The van der Waals surface area contributed by atoms with Crippen LogP contribution in [0.25, 0.3) is 5.57 Å². The van der Waals surface area contributed by atoms with E-state index in [4.69, 9.17) is 18.4 Å². The summed E-state index contributed by atoms with van der Waals surface area (Å²) in [6.07, 6.45) is 1.81.